The predicted molar refractivity (Wildman–Crippen MR) is 164 cm³/mol. The van der Waals surface area contributed by atoms with Crippen LogP contribution in [0.1, 0.15) is 22.7 Å². The molecule has 0 saturated carbocycles. The van der Waals surface area contributed by atoms with Crippen LogP contribution in [0.25, 0.3) is 10.9 Å². The van der Waals surface area contributed by atoms with Crippen molar-refractivity contribution in [2.24, 2.45) is 0 Å². The second-order valence-corrected chi connectivity index (χ2v) is 10.2. The van der Waals surface area contributed by atoms with Crippen molar-refractivity contribution in [2.75, 3.05) is 38.8 Å². The molecule has 1 aliphatic rings. The van der Waals surface area contributed by atoms with Crippen molar-refractivity contribution < 1.29 is 18.9 Å². The number of anilines is 1. The molecule has 42 heavy (non-hydrogen) atoms. The molecular weight excluding hydrogens is 528 g/mol. The largest absolute Gasteiger partial charge is 0.493 e. The summed E-state index contributed by atoms with van der Waals surface area (Å²) in [6.07, 6.45) is 1.82. The summed E-state index contributed by atoms with van der Waals surface area (Å²) in [4.78, 5) is 2.34. The van der Waals surface area contributed by atoms with Crippen molar-refractivity contribution >= 4 is 16.6 Å². The van der Waals surface area contributed by atoms with E-state index in [0.29, 0.717) is 24.7 Å². The van der Waals surface area contributed by atoms with Crippen LogP contribution in [0.5, 0.6) is 23.0 Å². The Hall–Kier alpha value is -4.82. The van der Waals surface area contributed by atoms with Gasteiger partial charge in [-0.2, -0.15) is 10.2 Å². The van der Waals surface area contributed by atoms with Gasteiger partial charge >= 0.3 is 0 Å². The lowest BCUT2D eigenvalue weighted by atomic mass is 10.0. The van der Waals surface area contributed by atoms with E-state index in [1.165, 1.54) is 0 Å². The summed E-state index contributed by atoms with van der Waals surface area (Å²) in [6, 6.07) is 30.4. The van der Waals surface area contributed by atoms with Crippen LogP contribution in [0.2, 0.25) is 0 Å². The molecule has 1 atom stereocenters. The fourth-order valence-electron chi connectivity index (χ4n) is 5.26. The average Bonchev–Trinajstić information content (AvgIpc) is 3.06. The summed E-state index contributed by atoms with van der Waals surface area (Å²) < 4.78 is 23.6. The van der Waals surface area contributed by atoms with Gasteiger partial charge in [0.15, 0.2) is 11.5 Å². The van der Waals surface area contributed by atoms with E-state index in [2.05, 4.69) is 56.8 Å². The van der Waals surface area contributed by atoms with Gasteiger partial charge in [0, 0.05) is 37.2 Å². The van der Waals surface area contributed by atoms with E-state index in [0.717, 1.165) is 64.4 Å². The molecule has 1 aliphatic heterocycles. The van der Waals surface area contributed by atoms with Gasteiger partial charge in [-0.15, -0.1) is 0 Å². The summed E-state index contributed by atoms with van der Waals surface area (Å²) in [5.74, 6) is 2.83. The van der Waals surface area contributed by atoms with Crippen molar-refractivity contribution in [1.82, 2.24) is 15.5 Å². The van der Waals surface area contributed by atoms with Gasteiger partial charge in [-0.25, -0.2) is 0 Å². The van der Waals surface area contributed by atoms with Crippen molar-refractivity contribution in [3.63, 3.8) is 0 Å². The number of methoxy groups -OCH3 is 2. The number of piperazine rings is 1. The first-order chi connectivity index (χ1) is 20.7. The second-order valence-electron chi connectivity index (χ2n) is 10.2. The van der Waals surface area contributed by atoms with Gasteiger partial charge in [0.05, 0.1) is 37.7 Å². The third-order valence-electron chi connectivity index (χ3n) is 7.44. The van der Waals surface area contributed by atoms with Gasteiger partial charge in [0.2, 0.25) is 0 Å². The number of aromatic nitrogens is 2. The van der Waals surface area contributed by atoms with Crippen molar-refractivity contribution in [3.8, 4) is 23.0 Å². The zero-order chi connectivity index (χ0) is 28.7. The van der Waals surface area contributed by atoms with E-state index in [4.69, 9.17) is 18.9 Å². The molecule has 0 amide bonds. The molecule has 0 aliphatic carbocycles. The van der Waals surface area contributed by atoms with E-state index < -0.39 is 0 Å². The van der Waals surface area contributed by atoms with Crippen LogP contribution in [-0.2, 0) is 13.2 Å². The quantitative estimate of drug-likeness (QED) is 0.224. The molecule has 8 nitrogen and oxygen atoms in total. The number of fused-ring (bicyclic) bond motifs is 1. The van der Waals surface area contributed by atoms with E-state index in [1.807, 2.05) is 60.8 Å². The average molecular weight is 563 g/mol. The Morgan fingerprint density at radius 1 is 0.786 bits per heavy atom. The molecular formula is C34H34N4O4. The number of ether oxygens (including phenoxy) is 4. The van der Waals surface area contributed by atoms with Crippen molar-refractivity contribution in [1.29, 1.82) is 0 Å². The Balaban J connectivity index is 1.28. The molecule has 0 spiro atoms. The molecule has 1 fully saturated rings. The molecule has 0 bridgehead atoms. The highest BCUT2D eigenvalue weighted by Crippen LogP contribution is 2.37. The molecule has 1 unspecified atom stereocenters. The van der Waals surface area contributed by atoms with Crippen LogP contribution < -0.4 is 29.2 Å². The molecule has 8 heteroatoms. The molecule has 6 rings (SSSR count). The molecule has 1 saturated heterocycles. The van der Waals surface area contributed by atoms with Gasteiger partial charge in [-0.1, -0.05) is 60.7 Å². The SMILES string of the molecule is COc1cc2nncc(N3CCNC(c4cc(OCc5ccccc5)cc(OCc5ccccc5)c4)C3)c2cc1OC. The van der Waals surface area contributed by atoms with E-state index in [1.54, 1.807) is 14.2 Å². The maximum Gasteiger partial charge on any atom is 0.162 e. The fraction of sp³-hybridized carbons (Fsp3) is 0.235. The van der Waals surface area contributed by atoms with Gasteiger partial charge < -0.3 is 29.2 Å². The lowest BCUT2D eigenvalue weighted by Gasteiger charge is -2.36. The minimum Gasteiger partial charge on any atom is -0.493 e. The van der Waals surface area contributed by atoms with Crippen LogP contribution in [0.3, 0.4) is 0 Å². The Morgan fingerprint density at radius 3 is 2.02 bits per heavy atom. The molecule has 1 aromatic heterocycles. The van der Waals surface area contributed by atoms with Crippen LogP contribution in [0.15, 0.2) is 97.2 Å². The number of hydrogen-bond acceptors (Lipinski definition) is 8. The molecule has 0 radical (unpaired) electrons. The standard InChI is InChI=1S/C34H34N4O4/c1-39-33-18-29-30(19-34(33)40-2)37-36-20-32(29)38-14-13-35-31(21-38)26-15-27(41-22-24-9-5-3-6-10-24)17-28(16-26)42-23-25-11-7-4-8-12-25/h3-12,15-20,31,35H,13-14,21-23H2,1-2H3. The Kier molecular flexibility index (Phi) is 8.33. The Bertz CT molecular complexity index is 1570. The molecule has 5 aromatic rings. The minimum absolute atomic E-state index is 0.0430. The van der Waals surface area contributed by atoms with Crippen molar-refractivity contribution in [2.45, 2.75) is 19.3 Å². The van der Waals surface area contributed by atoms with Gasteiger partial charge in [0.25, 0.3) is 0 Å². The summed E-state index contributed by atoms with van der Waals surface area (Å²) in [5.41, 5.74) is 5.08. The Labute approximate surface area is 245 Å². The first-order valence-electron chi connectivity index (χ1n) is 14.0. The lowest BCUT2D eigenvalue weighted by Crippen LogP contribution is -2.46. The van der Waals surface area contributed by atoms with Gasteiger partial charge in [-0.05, 0) is 34.9 Å². The molecule has 1 N–H and O–H groups in total. The minimum atomic E-state index is 0.0430. The Morgan fingerprint density at radius 2 is 1.40 bits per heavy atom. The second kappa shape index (κ2) is 12.8. The number of rotatable bonds is 10. The maximum atomic E-state index is 6.27. The first kappa shape index (κ1) is 27.4. The number of nitrogens with zero attached hydrogens (tertiary/aromatic N) is 3. The van der Waals surface area contributed by atoms with Crippen LogP contribution >= 0.6 is 0 Å². The smallest absolute Gasteiger partial charge is 0.162 e. The van der Waals surface area contributed by atoms with Crippen LogP contribution in [-0.4, -0.2) is 44.1 Å². The number of hydrogen-bond donors (Lipinski definition) is 1. The summed E-state index contributed by atoms with van der Waals surface area (Å²) >= 11 is 0. The molecule has 214 valence electrons. The molecule has 2 heterocycles. The third kappa shape index (κ3) is 6.24. The normalized spacial score (nSPS) is 14.9. The highest BCUT2D eigenvalue weighted by molar-refractivity contribution is 5.93. The molecule has 4 aromatic carbocycles. The fourth-order valence-corrected chi connectivity index (χ4v) is 5.26. The van der Waals surface area contributed by atoms with Gasteiger partial charge in [-0.3, -0.25) is 0 Å². The van der Waals surface area contributed by atoms with Crippen LogP contribution in [0.4, 0.5) is 5.69 Å². The first-order valence-corrected chi connectivity index (χ1v) is 14.0. The van der Waals surface area contributed by atoms with E-state index >= 15 is 0 Å². The summed E-state index contributed by atoms with van der Waals surface area (Å²) in [6.45, 7) is 3.32. The zero-order valence-electron chi connectivity index (χ0n) is 23.8. The maximum absolute atomic E-state index is 6.27. The highest BCUT2D eigenvalue weighted by Gasteiger charge is 2.24. The number of nitrogens with one attached hydrogen (secondary N) is 1. The monoisotopic (exact) mass is 562 g/mol. The number of benzene rings is 4. The zero-order valence-corrected chi connectivity index (χ0v) is 23.8. The van der Waals surface area contributed by atoms with E-state index in [-0.39, 0.29) is 6.04 Å². The van der Waals surface area contributed by atoms with Gasteiger partial charge in [0.1, 0.15) is 24.7 Å². The lowest BCUT2D eigenvalue weighted by molar-refractivity contribution is 0.288. The summed E-state index contributed by atoms with van der Waals surface area (Å²) in [7, 11) is 3.26. The topological polar surface area (TPSA) is 78.0 Å². The van der Waals surface area contributed by atoms with Crippen molar-refractivity contribution in [3.05, 3.63) is 114 Å². The third-order valence-corrected chi connectivity index (χ3v) is 7.44. The van der Waals surface area contributed by atoms with E-state index in [9.17, 15) is 0 Å². The van der Waals surface area contributed by atoms with Crippen LogP contribution in [0, 0.1) is 0 Å². The highest BCUT2D eigenvalue weighted by atomic mass is 16.5. The predicted octanol–water partition coefficient (Wildman–Crippen LogP) is 5.96. The summed E-state index contributed by atoms with van der Waals surface area (Å²) in [5, 5.41) is 13.3.